The highest BCUT2D eigenvalue weighted by atomic mass is 35.5. The summed E-state index contributed by atoms with van der Waals surface area (Å²) in [5.41, 5.74) is 1.85. The Morgan fingerprint density at radius 2 is 1.97 bits per heavy atom. The monoisotopic (exact) mass is 498 g/mol. The van der Waals surface area contributed by atoms with Crippen molar-refractivity contribution in [2.45, 2.75) is 32.5 Å². The van der Waals surface area contributed by atoms with Crippen molar-refractivity contribution in [3.63, 3.8) is 0 Å². The molecular formula is C21H22ClF3N6O3. The number of hydrogen-bond donors (Lipinski definition) is 2. The molecule has 3 heterocycles. The smallest absolute Gasteiger partial charge is 0.392 e. The summed E-state index contributed by atoms with van der Waals surface area (Å²) in [5.74, 6) is -0.486. The zero-order valence-electron chi connectivity index (χ0n) is 18.2. The molecule has 9 nitrogen and oxygen atoms in total. The van der Waals surface area contributed by atoms with Crippen LogP contribution in [0.25, 0.3) is 10.9 Å². The number of halogens is 4. The third kappa shape index (κ3) is 7.58. The van der Waals surface area contributed by atoms with Crippen LogP contribution in [0.1, 0.15) is 24.6 Å². The van der Waals surface area contributed by atoms with E-state index in [2.05, 4.69) is 25.7 Å². The van der Waals surface area contributed by atoms with Gasteiger partial charge in [-0.05, 0) is 17.7 Å². The molecule has 3 aromatic rings. The van der Waals surface area contributed by atoms with Gasteiger partial charge in [0.25, 0.3) is 0 Å². The molecule has 3 rings (SSSR count). The van der Waals surface area contributed by atoms with Crippen LogP contribution in [0.2, 0.25) is 5.02 Å². The highest BCUT2D eigenvalue weighted by Crippen LogP contribution is 2.25. The van der Waals surface area contributed by atoms with Gasteiger partial charge in [0.15, 0.2) is 0 Å². The standard InChI is InChI=1S/C21H22ClF3N6O3/c1-13(32)26-5-6-28-19(33)9-18-15-12-31(30-17(15)2-4-27-18)11-14-8-16(22)20(29-10-14)34-7-3-21(23,24)25/h2,4,8,10,12H,3,5-7,9,11H2,1H3,(H,26,32)(H,28,33). The van der Waals surface area contributed by atoms with Crippen molar-refractivity contribution in [1.29, 1.82) is 0 Å². The van der Waals surface area contributed by atoms with Gasteiger partial charge in [-0.1, -0.05) is 11.6 Å². The van der Waals surface area contributed by atoms with E-state index in [4.69, 9.17) is 16.3 Å². The minimum atomic E-state index is -4.32. The van der Waals surface area contributed by atoms with Gasteiger partial charge in [-0.2, -0.15) is 18.3 Å². The minimum absolute atomic E-state index is 0.0421. The molecule has 0 aromatic carbocycles. The lowest BCUT2D eigenvalue weighted by Gasteiger charge is -2.10. The van der Waals surface area contributed by atoms with E-state index >= 15 is 0 Å². The Hall–Kier alpha value is -3.41. The molecule has 0 aliphatic carbocycles. The molecule has 0 unspecified atom stereocenters. The molecule has 13 heteroatoms. The van der Waals surface area contributed by atoms with E-state index < -0.39 is 19.2 Å². The van der Waals surface area contributed by atoms with Crippen molar-refractivity contribution in [2.24, 2.45) is 0 Å². The first-order chi connectivity index (χ1) is 16.1. The summed E-state index contributed by atoms with van der Waals surface area (Å²) in [5, 5.41) is 10.6. The third-order valence-electron chi connectivity index (χ3n) is 4.55. The number of aromatic nitrogens is 4. The van der Waals surface area contributed by atoms with Gasteiger partial charge in [0.2, 0.25) is 17.7 Å². The van der Waals surface area contributed by atoms with Crippen LogP contribution < -0.4 is 15.4 Å². The number of hydrogen-bond acceptors (Lipinski definition) is 6. The first-order valence-corrected chi connectivity index (χ1v) is 10.6. The summed E-state index contributed by atoms with van der Waals surface area (Å²) in [6, 6.07) is 3.26. The van der Waals surface area contributed by atoms with Crippen LogP contribution in [-0.4, -0.2) is 57.4 Å². The van der Waals surface area contributed by atoms with E-state index in [1.54, 1.807) is 29.2 Å². The van der Waals surface area contributed by atoms with Gasteiger partial charge in [-0.25, -0.2) is 4.98 Å². The van der Waals surface area contributed by atoms with Gasteiger partial charge in [0.05, 0.1) is 37.2 Å². The van der Waals surface area contributed by atoms with Crippen molar-refractivity contribution in [3.05, 3.63) is 47.0 Å². The molecule has 0 saturated carbocycles. The van der Waals surface area contributed by atoms with E-state index in [1.807, 2.05) is 0 Å². The van der Waals surface area contributed by atoms with Gasteiger partial charge in [-0.15, -0.1) is 0 Å². The first kappa shape index (κ1) is 25.2. The Labute approximate surface area is 197 Å². The quantitative estimate of drug-likeness (QED) is 0.416. The molecule has 0 saturated heterocycles. The lowest BCUT2D eigenvalue weighted by molar-refractivity contribution is -0.139. The number of alkyl halides is 3. The zero-order valence-corrected chi connectivity index (χ0v) is 18.9. The summed E-state index contributed by atoms with van der Waals surface area (Å²) >= 11 is 6.10. The average molecular weight is 499 g/mol. The van der Waals surface area contributed by atoms with Gasteiger partial charge >= 0.3 is 6.18 Å². The Morgan fingerprint density at radius 3 is 2.68 bits per heavy atom. The van der Waals surface area contributed by atoms with Crippen LogP contribution in [0.15, 0.2) is 30.7 Å². The third-order valence-corrected chi connectivity index (χ3v) is 4.82. The number of nitrogens with zero attached hydrogens (tertiary/aromatic N) is 4. The molecule has 0 aliphatic rings. The lowest BCUT2D eigenvalue weighted by Crippen LogP contribution is -2.34. The maximum absolute atomic E-state index is 12.3. The summed E-state index contributed by atoms with van der Waals surface area (Å²) in [6.07, 6.45) is -0.635. The number of pyridine rings is 2. The molecule has 0 radical (unpaired) electrons. The second-order valence-electron chi connectivity index (χ2n) is 7.37. The summed E-state index contributed by atoms with van der Waals surface area (Å²) in [6.45, 7) is 1.74. The van der Waals surface area contributed by atoms with Crippen LogP contribution in [0.5, 0.6) is 5.88 Å². The van der Waals surface area contributed by atoms with Crippen LogP contribution in [0, 0.1) is 0 Å². The van der Waals surface area contributed by atoms with Gasteiger partial charge in [0, 0.05) is 44.0 Å². The predicted octanol–water partition coefficient (Wildman–Crippen LogP) is 2.65. The molecule has 182 valence electrons. The molecular weight excluding hydrogens is 477 g/mol. The SMILES string of the molecule is CC(=O)NCCNC(=O)Cc1nccc2nn(Cc3cnc(OCCC(F)(F)F)c(Cl)c3)cc12. The van der Waals surface area contributed by atoms with Gasteiger partial charge < -0.3 is 15.4 Å². The fraction of sp³-hybridized carbons (Fsp3) is 0.381. The number of carbonyl (C=O) groups is 2. The van der Waals surface area contributed by atoms with E-state index in [-0.39, 0.29) is 35.7 Å². The van der Waals surface area contributed by atoms with Crippen molar-refractivity contribution in [1.82, 2.24) is 30.4 Å². The van der Waals surface area contributed by atoms with Crippen LogP contribution >= 0.6 is 11.6 Å². The number of rotatable bonds is 10. The zero-order chi connectivity index (χ0) is 24.7. The Bertz CT molecular complexity index is 1170. The van der Waals surface area contributed by atoms with Crippen LogP contribution in [0.4, 0.5) is 13.2 Å². The molecule has 3 aromatic heterocycles. The molecule has 0 atom stereocenters. The van der Waals surface area contributed by atoms with E-state index in [9.17, 15) is 22.8 Å². The van der Waals surface area contributed by atoms with Crippen molar-refractivity contribution < 1.29 is 27.5 Å². The van der Waals surface area contributed by atoms with E-state index in [0.717, 1.165) is 0 Å². The number of ether oxygens (including phenoxy) is 1. The highest BCUT2D eigenvalue weighted by Gasteiger charge is 2.27. The molecule has 2 amide bonds. The fourth-order valence-electron chi connectivity index (χ4n) is 3.03. The van der Waals surface area contributed by atoms with E-state index in [1.165, 1.54) is 13.1 Å². The van der Waals surface area contributed by atoms with Crippen molar-refractivity contribution in [2.75, 3.05) is 19.7 Å². The van der Waals surface area contributed by atoms with Crippen molar-refractivity contribution >= 4 is 34.3 Å². The summed E-state index contributed by atoms with van der Waals surface area (Å²) < 4.78 is 43.4. The van der Waals surface area contributed by atoms with Crippen LogP contribution in [0.3, 0.4) is 0 Å². The number of nitrogens with one attached hydrogen (secondary N) is 2. The van der Waals surface area contributed by atoms with Gasteiger partial charge in [-0.3, -0.25) is 19.3 Å². The second kappa shape index (κ2) is 11.1. The topological polar surface area (TPSA) is 111 Å². The number of fused-ring (bicyclic) bond motifs is 1. The molecule has 34 heavy (non-hydrogen) atoms. The molecule has 0 spiro atoms. The lowest BCUT2D eigenvalue weighted by atomic mass is 10.2. The summed E-state index contributed by atoms with van der Waals surface area (Å²) in [7, 11) is 0. The minimum Gasteiger partial charge on any atom is -0.476 e. The van der Waals surface area contributed by atoms with Crippen molar-refractivity contribution in [3.8, 4) is 5.88 Å². The maximum atomic E-state index is 12.3. The molecule has 2 N–H and O–H groups in total. The van der Waals surface area contributed by atoms with E-state index in [0.29, 0.717) is 35.2 Å². The number of amides is 2. The number of carbonyl (C=O) groups excluding carboxylic acids is 2. The first-order valence-electron chi connectivity index (χ1n) is 10.3. The molecule has 0 fully saturated rings. The maximum Gasteiger partial charge on any atom is 0.392 e. The highest BCUT2D eigenvalue weighted by molar-refractivity contribution is 6.31. The molecule has 0 bridgehead atoms. The Kier molecular flexibility index (Phi) is 8.26. The average Bonchev–Trinajstić information content (AvgIpc) is 3.15. The Morgan fingerprint density at radius 1 is 1.21 bits per heavy atom. The predicted molar refractivity (Wildman–Crippen MR) is 117 cm³/mol. The Balaban J connectivity index is 1.63. The normalized spacial score (nSPS) is 11.4. The second-order valence-corrected chi connectivity index (χ2v) is 7.78. The largest absolute Gasteiger partial charge is 0.476 e. The fourth-order valence-corrected chi connectivity index (χ4v) is 3.28. The summed E-state index contributed by atoms with van der Waals surface area (Å²) in [4.78, 5) is 31.4. The molecule has 0 aliphatic heterocycles. The van der Waals surface area contributed by atoms with Gasteiger partial charge in [0.1, 0.15) is 5.02 Å². The van der Waals surface area contributed by atoms with Crippen LogP contribution in [-0.2, 0) is 22.6 Å².